The number of esters is 3. The van der Waals surface area contributed by atoms with Gasteiger partial charge in [-0.15, -0.1) is 0 Å². The lowest BCUT2D eigenvalue weighted by atomic mass is 9.46. The Balaban J connectivity index is 1.81. The summed E-state index contributed by atoms with van der Waals surface area (Å²) in [5, 5.41) is 23.0. The minimum absolute atomic E-state index is 0.0275. The van der Waals surface area contributed by atoms with Gasteiger partial charge in [0.15, 0.2) is 11.4 Å². The fourth-order valence-corrected chi connectivity index (χ4v) is 7.97. The van der Waals surface area contributed by atoms with Crippen molar-refractivity contribution in [2.75, 3.05) is 6.61 Å². The zero-order valence-corrected chi connectivity index (χ0v) is 24.2. The summed E-state index contributed by atoms with van der Waals surface area (Å²) in [4.78, 5) is 53.3. The fraction of sp³-hybridized carbons (Fsp3) is 0.613. The molecule has 1 saturated heterocycles. The molecule has 3 aliphatic carbocycles. The van der Waals surface area contributed by atoms with Gasteiger partial charge in [0.05, 0.1) is 35.7 Å². The van der Waals surface area contributed by atoms with Crippen LogP contribution in [0.1, 0.15) is 64.7 Å². The molecule has 1 aromatic rings. The molecule has 2 saturated carbocycles. The summed E-state index contributed by atoms with van der Waals surface area (Å²) >= 11 is 0. The third-order valence-electron chi connectivity index (χ3n) is 10.0. The molecule has 0 radical (unpaired) electrons. The van der Waals surface area contributed by atoms with Gasteiger partial charge >= 0.3 is 17.9 Å². The smallest absolute Gasteiger partial charge is 0.338 e. The van der Waals surface area contributed by atoms with E-state index in [4.69, 9.17) is 18.9 Å². The summed E-state index contributed by atoms with van der Waals surface area (Å²) in [6.07, 6.45) is -4.00. The lowest BCUT2D eigenvalue weighted by molar-refractivity contribution is -0.334. The van der Waals surface area contributed by atoms with Gasteiger partial charge in [-0.3, -0.25) is 14.4 Å². The molecule has 2 N–H and O–H groups in total. The van der Waals surface area contributed by atoms with E-state index in [1.165, 1.54) is 13.8 Å². The summed E-state index contributed by atoms with van der Waals surface area (Å²) in [7, 11) is 0. The first kappa shape index (κ1) is 29.4. The van der Waals surface area contributed by atoms with Crippen LogP contribution in [0.3, 0.4) is 0 Å². The number of Topliss-reactive ketones (excluding diaryl/α,β-unsaturated/α-hetero) is 1. The molecule has 10 nitrogen and oxygen atoms in total. The molecule has 1 heterocycles. The predicted octanol–water partition coefficient (Wildman–Crippen LogP) is 2.74. The number of benzene rings is 1. The van der Waals surface area contributed by atoms with E-state index in [-0.39, 0.29) is 30.8 Å². The van der Waals surface area contributed by atoms with Gasteiger partial charge in [-0.1, -0.05) is 39.0 Å². The number of rotatable bonds is 4. The molecule has 0 amide bonds. The van der Waals surface area contributed by atoms with Crippen molar-refractivity contribution in [3.63, 3.8) is 0 Å². The standard InChI is InChI=1S/C31H38O10/c1-15-20(34)12-19-24(40-28(37)18-10-8-7-9-11-18)26-30(6,21(35)13-22-31(26,14-38-22)41-17(3)33)27(36)25(39-16(2)32)23(15)29(19,4)5/h7-11,15,19-22,24,26,34-35H,12-14H2,1-6H3/t15?,19?,20-,21-,22+,24+,26?,30+,31-/m0/s1. The number of aliphatic hydroxyl groups excluding tert-OH is 2. The van der Waals surface area contributed by atoms with Crippen molar-refractivity contribution >= 4 is 23.7 Å². The Kier molecular flexibility index (Phi) is 7.19. The van der Waals surface area contributed by atoms with Crippen molar-refractivity contribution in [2.24, 2.45) is 28.6 Å². The zero-order valence-electron chi connectivity index (χ0n) is 24.2. The van der Waals surface area contributed by atoms with Gasteiger partial charge in [-0.2, -0.15) is 0 Å². The number of ketones is 1. The van der Waals surface area contributed by atoms with E-state index in [9.17, 15) is 29.4 Å². The fourth-order valence-electron chi connectivity index (χ4n) is 7.97. The van der Waals surface area contributed by atoms with Crippen molar-refractivity contribution in [1.29, 1.82) is 0 Å². The maximum atomic E-state index is 14.7. The van der Waals surface area contributed by atoms with E-state index in [0.29, 0.717) is 5.57 Å². The van der Waals surface area contributed by atoms with E-state index < -0.39 is 82.3 Å². The van der Waals surface area contributed by atoms with Crippen LogP contribution in [-0.4, -0.2) is 70.5 Å². The lowest BCUT2D eigenvalue weighted by Crippen LogP contribution is -2.78. The van der Waals surface area contributed by atoms with Gasteiger partial charge in [0.2, 0.25) is 5.78 Å². The molecule has 9 atom stereocenters. The number of carbonyl (C=O) groups excluding carboxylic acids is 4. The highest BCUT2D eigenvalue weighted by Crippen LogP contribution is 2.63. The average Bonchev–Trinajstić information content (AvgIpc) is 2.89. The van der Waals surface area contributed by atoms with Crippen molar-refractivity contribution in [2.45, 2.75) is 84.4 Å². The minimum Gasteiger partial charge on any atom is -0.458 e. The third kappa shape index (κ3) is 4.33. The normalized spacial score (nSPS) is 39.2. The quantitative estimate of drug-likeness (QED) is 0.409. The van der Waals surface area contributed by atoms with Crippen LogP contribution in [0.25, 0.3) is 0 Å². The second kappa shape index (κ2) is 10.0. The Morgan fingerprint density at radius 1 is 1.00 bits per heavy atom. The highest BCUT2D eigenvalue weighted by atomic mass is 16.6. The molecular weight excluding hydrogens is 532 g/mol. The van der Waals surface area contributed by atoms with Gasteiger partial charge in [-0.25, -0.2) is 4.79 Å². The molecule has 3 unspecified atom stereocenters. The van der Waals surface area contributed by atoms with E-state index in [1.807, 2.05) is 13.8 Å². The molecular formula is C31H38O10. The molecule has 5 rings (SSSR count). The number of hydrogen-bond acceptors (Lipinski definition) is 10. The molecule has 4 aliphatic rings. The lowest BCUT2D eigenvalue weighted by Gasteiger charge is -2.65. The maximum Gasteiger partial charge on any atom is 0.338 e. The summed E-state index contributed by atoms with van der Waals surface area (Å²) in [5.74, 6) is -5.20. The monoisotopic (exact) mass is 570 g/mol. The van der Waals surface area contributed by atoms with E-state index in [0.717, 1.165) is 0 Å². The molecule has 10 heteroatoms. The number of fused-ring (bicyclic) bond motifs is 5. The molecule has 0 aromatic heterocycles. The van der Waals surface area contributed by atoms with Crippen molar-refractivity contribution < 1.29 is 48.3 Å². The average molecular weight is 571 g/mol. The van der Waals surface area contributed by atoms with Crippen molar-refractivity contribution in [1.82, 2.24) is 0 Å². The Hall–Kier alpha value is -3.08. The van der Waals surface area contributed by atoms with Gasteiger partial charge in [-0.05, 0) is 36.5 Å². The Bertz CT molecular complexity index is 1300. The highest BCUT2D eigenvalue weighted by molar-refractivity contribution is 6.02. The maximum absolute atomic E-state index is 14.7. The molecule has 41 heavy (non-hydrogen) atoms. The summed E-state index contributed by atoms with van der Waals surface area (Å²) in [5.41, 5.74) is -3.37. The molecule has 1 aliphatic heterocycles. The van der Waals surface area contributed by atoms with Gasteiger partial charge in [0.25, 0.3) is 0 Å². The second-order valence-corrected chi connectivity index (χ2v) is 12.7. The van der Waals surface area contributed by atoms with Crippen LogP contribution in [0.4, 0.5) is 0 Å². The Morgan fingerprint density at radius 2 is 1.66 bits per heavy atom. The van der Waals surface area contributed by atoms with Crippen LogP contribution in [-0.2, 0) is 33.3 Å². The first-order valence-electron chi connectivity index (χ1n) is 14.1. The number of ether oxygens (including phenoxy) is 4. The van der Waals surface area contributed by atoms with Gasteiger partial charge < -0.3 is 29.2 Å². The number of aliphatic hydroxyl groups is 2. The summed E-state index contributed by atoms with van der Waals surface area (Å²) in [6.45, 7) is 9.39. The van der Waals surface area contributed by atoms with Crippen LogP contribution in [0.5, 0.6) is 0 Å². The molecule has 222 valence electrons. The topological polar surface area (TPSA) is 146 Å². The largest absolute Gasteiger partial charge is 0.458 e. The molecule has 3 fully saturated rings. The third-order valence-corrected chi connectivity index (χ3v) is 10.0. The van der Waals surface area contributed by atoms with Crippen LogP contribution >= 0.6 is 0 Å². The van der Waals surface area contributed by atoms with Crippen LogP contribution in [0.2, 0.25) is 0 Å². The minimum atomic E-state index is -1.72. The van der Waals surface area contributed by atoms with E-state index in [2.05, 4.69) is 0 Å². The summed E-state index contributed by atoms with van der Waals surface area (Å²) in [6, 6.07) is 8.38. The van der Waals surface area contributed by atoms with E-state index in [1.54, 1.807) is 44.2 Å². The molecule has 0 spiro atoms. The Morgan fingerprint density at radius 3 is 2.22 bits per heavy atom. The number of carbonyl (C=O) groups is 4. The molecule has 2 bridgehead atoms. The van der Waals surface area contributed by atoms with Crippen molar-refractivity contribution in [3.8, 4) is 0 Å². The van der Waals surface area contributed by atoms with Crippen LogP contribution in [0, 0.1) is 28.6 Å². The summed E-state index contributed by atoms with van der Waals surface area (Å²) < 4.78 is 23.8. The van der Waals surface area contributed by atoms with Crippen LogP contribution in [0.15, 0.2) is 41.7 Å². The zero-order chi connectivity index (χ0) is 30.1. The first-order chi connectivity index (χ1) is 19.2. The number of allylic oxidation sites excluding steroid dienone is 1. The SMILES string of the molecule is CC(=O)OC1=C2C(C)[C@@H](O)CC([C@@H](OC(=O)c3ccccc3)C3[C@](C)(C1=O)[C@@H](O)C[C@H]1OC[C@@]31OC(C)=O)C2(C)C. The second-order valence-electron chi connectivity index (χ2n) is 12.7. The number of hydrogen-bond donors (Lipinski definition) is 2. The molecule has 1 aromatic carbocycles. The first-order valence-corrected chi connectivity index (χ1v) is 14.1. The highest BCUT2D eigenvalue weighted by Gasteiger charge is 2.75. The van der Waals surface area contributed by atoms with E-state index >= 15 is 0 Å². The van der Waals surface area contributed by atoms with Gasteiger partial charge in [0.1, 0.15) is 12.2 Å². The van der Waals surface area contributed by atoms with Crippen molar-refractivity contribution in [3.05, 3.63) is 47.2 Å². The predicted molar refractivity (Wildman–Crippen MR) is 143 cm³/mol. The van der Waals surface area contributed by atoms with Gasteiger partial charge in [0, 0.05) is 32.1 Å². The van der Waals surface area contributed by atoms with Crippen LogP contribution < -0.4 is 0 Å². The Labute approximate surface area is 239 Å².